The molecule has 13 heteroatoms. The maximum atomic E-state index is 13.2. The Morgan fingerprint density at radius 2 is 1.16 bits per heavy atom. The summed E-state index contributed by atoms with van der Waals surface area (Å²) >= 11 is 4.77. The highest BCUT2D eigenvalue weighted by Gasteiger charge is 2.24. The topological polar surface area (TPSA) is 60.4 Å². The van der Waals surface area contributed by atoms with Crippen LogP contribution in [-0.2, 0) is 9.53 Å². The molecule has 168 valence electrons. The fourth-order valence-corrected chi connectivity index (χ4v) is 2.07. The predicted octanol–water partition coefficient (Wildman–Crippen LogP) is 5.00. The van der Waals surface area contributed by atoms with Crippen molar-refractivity contribution < 1.29 is 54.2 Å². The molecule has 0 unspecified atom stereocenters. The summed E-state index contributed by atoms with van der Waals surface area (Å²) in [6.07, 6.45) is -0.880. The van der Waals surface area contributed by atoms with Gasteiger partial charge in [-0.25, -0.2) is 35.1 Å². The largest absolute Gasteiger partial charge is 0.466 e. The number of ketones is 1. The van der Waals surface area contributed by atoms with Crippen LogP contribution in [0.2, 0.25) is 0 Å². The van der Waals surface area contributed by atoms with E-state index < -0.39 is 81.1 Å². The van der Waals surface area contributed by atoms with Crippen molar-refractivity contribution >= 4 is 28.6 Å². The molecule has 2 aromatic rings. The van der Waals surface area contributed by atoms with E-state index in [0.717, 1.165) is 0 Å². The number of carbonyl (C=O) groups is 3. The summed E-state index contributed by atoms with van der Waals surface area (Å²) in [6.45, 7) is 1.49. The second-order valence-corrected chi connectivity index (χ2v) is 5.72. The SMILES string of the molecule is CCOC(=O)CC(=O)c1cc(F)c(F)c(F)c1F.O=C(Cl)c1cc(F)c(F)c(F)c1F. The third-order valence-corrected chi connectivity index (χ3v) is 3.53. The lowest BCUT2D eigenvalue weighted by Crippen LogP contribution is -2.14. The molecule has 0 fully saturated rings. The summed E-state index contributed by atoms with van der Waals surface area (Å²) in [5.41, 5.74) is -2.06. The van der Waals surface area contributed by atoms with Gasteiger partial charge < -0.3 is 4.74 Å². The summed E-state index contributed by atoms with van der Waals surface area (Å²) in [7, 11) is 0. The zero-order valence-electron chi connectivity index (χ0n) is 15.1. The molecule has 31 heavy (non-hydrogen) atoms. The molecule has 0 aliphatic rings. The van der Waals surface area contributed by atoms with Gasteiger partial charge in [0.05, 0.1) is 17.7 Å². The summed E-state index contributed by atoms with van der Waals surface area (Å²) < 4.78 is 106. The average molecular weight is 477 g/mol. The summed E-state index contributed by atoms with van der Waals surface area (Å²) in [4.78, 5) is 32.7. The van der Waals surface area contributed by atoms with E-state index in [9.17, 15) is 49.5 Å². The van der Waals surface area contributed by atoms with Crippen LogP contribution in [0, 0.1) is 46.5 Å². The van der Waals surface area contributed by atoms with Gasteiger partial charge in [-0.1, -0.05) is 0 Å². The minimum Gasteiger partial charge on any atom is -0.466 e. The van der Waals surface area contributed by atoms with Crippen molar-refractivity contribution in [3.63, 3.8) is 0 Å². The van der Waals surface area contributed by atoms with Gasteiger partial charge in [0.25, 0.3) is 5.24 Å². The lowest BCUT2D eigenvalue weighted by atomic mass is 10.1. The van der Waals surface area contributed by atoms with Gasteiger partial charge in [0.15, 0.2) is 52.3 Å². The van der Waals surface area contributed by atoms with Gasteiger partial charge in [-0.05, 0) is 30.7 Å². The third-order valence-electron chi connectivity index (χ3n) is 3.33. The lowest BCUT2D eigenvalue weighted by molar-refractivity contribution is -0.141. The molecule has 4 nitrogen and oxygen atoms in total. The number of halogens is 9. The van der Waals surface area contributed by atoms with E-state index in [-0.39, 0.29) is 18.7 Å². The molecule has 0 saturated heterocycles. The number of carbonyl (C=O) groups excluding carboxylic acids is 3. The zero-order valence-corrected chi connectivity index (χ0v) is 15.9. The van der Waals surface area contributed by atoms with E-state index in [1.54, 1.807) is 0 Å². The number of ether oxygens (including phenoxy) is 1. The van der Waals surface area contributed by atoms with Crippen molar-refractivity contribution in [1.29, 1.82) is 0 Å². The van der Waals surface area contributed by atoms with E-state index in [1.165, 1.54) is 6.92 Å². The van der Waals surface area contributed by atoms with Gasteiger partial charge in [-0.15, -0.1) is 0 Å². The standard InChI is InChI=1S/C11H8F4O3.C7HClF4O/c1-2-18-8(17)4-7(16)5-3-6(12)10(14)11(15)9(5)13;8-7(13)2-1-3(9)5(11)6(12)4(2)10/h3H,2,4H2,1H3;1H. The Labute approximate surface area is 173 Å². The average Bonchev–Trinajstić information content (AvgIpc) is 2.70. The molecule has 0 radical (unpaired) electrons. The van der Waals surface area contributed by atoms with Gasteiger partial charge in [0.1, 0.15) is 6.42 Å². The van der Waals surface area contributed by atoms with Crippen LogP contribution in [0.5, 0.6) is 0 Å². The van der Waals surface area contributed by atoms with E-state index in [1.807, 2.05) is 0 Å². The van der Waals surface area contributed by atoms with Crippen LogP contribution in [0.3, 0.4) is 0 Å². The van der Waals surface area contributed by atoms with E-state index in [2.05, 4.69) is 4.74 Å². The second-order valence-electron chi connectivity index (χ2n) is 5.37. The number of esters is 1. The monoisotopic (exact) mass is 476 g/mol. The molecule has 0 aliphatic carbocycles. The minimum atomic E-state index is -2.10. The molecule has 2 aromatic carbocycles. The lowest BCUT2D eigenvalue weighted by Gasteiger charge is -2.05. The Bertz CT molecular complexity index is 1040. The van der Waals surface area contributed by atoms with E-state index in [4.69, 9.17) is 11.6 Å². The van der Waals surface area contributed by atoms with Crippen LogP contribution < -0.4 is 0 Å². The maximum Gasteiger partial charge on any atom is 0.313 e. The molecule has 0 amide bonds. The Kier molecular flexibility index (Phi) is 9.10. The zero-order chi connectivity index (χ0) is 24.0. The molecule has 0 spiro atoms. The molecule has 0 bridgehead atoms. The first-order chi connectivity index (χ1) is 14.3. The Morgan fingerprint density at radius 1 is 0.742 bits per heavy atom. The number of hydrogen-bond acceptors (Lipinski definition) is 4. The van der Waals surface area contributed by atoms with Crippen LogP contribution >= 0.6 is 11.6 Å². The summed E-state index contributed by atoms with van der Waals surface area (Å²) in [5, 5.41) is -1.39. The van der Waals surface area contributed by atoms with Gasteiger partial charge in [-0.2, -0.15) is 0 Å². The van der Waals surface area contributed by atoms with Crippen molar-refractivity contribution in [3.05, 3.63) is 69.8 Å². The Balaban J connectivity index is 0.000000327. The van der Waals surface area contributed by atoms with Crippen LogP contribution in [0.15, 0.2) is 12.1 Å². The van der Waals surface area contributed by atoms with Gasteiger partial charge >= 0.3 is 5.97 Å². The Hall–Kier alpha value is -3.02. The molecule has 0 atom stereocenters. The van der Waals surface area contributed by atoms with E-state index >= 15 is 0 Å². The van der Waals surface area contributed by atoms with Crippen LogP contribution in [0.1, 0.15) is 34.1 Å². The third kappa shape index (κ3) is 6.23. The number of hydrogen-bond donors (Lipinski definition) is 0. The van der Waals surface area contributed by atoms with Gasteiger partial charge in [0.2, 0.25) is 0 Å². The van der Waals surface area contributed by atoms with Crippen molar-refractivity contribution in [1.82, 2.24) is 0 Å². The smallest absolute Gasteiger partial charge is 0.313 e. The minimum absolute atomic E-state index is 0.000730. The molecule has 0 N–H and O–H groups in total. The van der Waals surface area contributed by atoms with Crippen molar-refractivity contribution in [2.45, 2.75) is 13.3 Å². The first-order valence-corrected chi connectivity index (χ1v) is 8.25. The van der Waals surface area contributed by atoms with Gasteiger partial charge in [-0.3, -0.25) is 14.4 Å². The molecule has 0 heterocycles. The first kappa shape index (κ1) is 26.0. The van der Waals surface area contributed by atoms with Crippen molar-refractivity contribution in [2.75, 3.05) is 6.61 Å². The fraction of sp³-hybridized carbons (Fsp3) is 0.167. The number of Topliss-reactive ketones (excluding diaryl/α,β-unsaturated/α-hetero) is 1. The molecule has 0 saturated carbocycles. The molecular formula is C18H9ClF8O4. The van der Waals surface area contributed by atoms with E-state index in [0.29, 0.717) is 0 Å². The highest BCUT2D eigenvalue weighted by Crippen LogP contribution is 2.21. The van der Waals surface area contributed by atoms with Crippen LogP contribution in [-0.4, -0.2) is 23.6 Å². The molecule has 0 aromatic heterocycles. The van der Waals surface area contributed by atoms with Crippen molar-refractivity contribution in [3.8, 4) is 0 Å². The number of rotatable bonds is 5. The predicted molar refractivity (Wildman–Crippen MR) is 88.3 cm³/mol. The molecule has 0 aliphatic heterocycles. The quantitative estimate of drug-likeness (QED) is 0.116. The van der Waals surface area contributed by atoms with Crippen LogP contribution in [0.25, 0.3) is 0 Å². The summed E-state index contributed by atoms with van der Waals surface area (Å²) in [5.74, 6) is -17.3. The fourth-order valence-electron chi connectivity index (χ4n) is 1.93. The number of benzene rings is 2. The second kappa shape index (κ2) is 10.8. The normalized spacial score (nSPS) is 10.3. The molecular weight excluding hydrogens is 468 g/mol. The highest BCUT2D eigenvalue weighted by atomic mass is 35.5. The van der Waals surface area contributed by atoms with Crippen LogP contribution in [0.4, 0.5) is 35.1 Å². The van der Waals surface area contributed by atoms with Gasteiger partial charge in [0, 0.05) is 0 Å². The highest BCUT2D eigenvalue weighted by molar-refractivity contribution is 6.67. The summed E-state index contributed by atoms with van der Waals surface area (Å²) in [6, 6.07) is 0.401. The van der Waals surface area contributed by atoms with Crippen molar-refractivity contribution in [2.24, 2.45) is 0 Å². The molecule has 2 rings (SSSR count). The maximum absolute atomic E-state index is 13.2. The first-order valence-electron chi connectivity index (χ1n) is 7.87. The Morgan fingerprint density at radius 3 is 1.58 bits per heavy atom.